The van der Waals surface area contributed by atoms with Crippen molar-refractivity contribution in [3.63, 3.8) is 0 Å². The van der Waals surface area contributed by atoms with E-state index in [-0.39, 0.29) is 0 Å². The van der Waals surface area contributed by atoms with Gasteiger partial charge in [0.1, 0.15) is 5.75 Å². The number of halogens is 1. The van der Waals surface area contributed by atoms with Gasteiger partial charge in [0.15, 0.2) is 0 Å². The molecule has 0 bridgehead atoms. The van der Waals surface area contributed by atoms with Crippen LogP contribution in [0.4, 0.5) is 0 Å². The molecule has 0 aromatic heterocycles. The minimum Gasteiger partial charge on any atom is -0.492 e. The Kier molecular flexibility index (Phi) is 5.90. The van der Waals surface area contributed by atoms with E-state index in [0.29, 0.717) is 11.6 Å². The highest BCUT2D eigenvalue weighted by Gasteiger charge is 2.03. The van der Waals surface area contributed by atoms with E-state index in [1.165, 1.54) is 11.1 Å². The molecule has 0 aliphatic heterocycles. The quantitative estimate of drug-likeness (QED) is 0.829. The molecule has 2 rings (SSSR count). The number of ether oxygens (including phenoxy) is 1. The highest BCUT2D eigenvalue weighted by atomic mass is 35.5. The first-order valence-corrected chi connectivity index (χ1v) is 7.33. The first-order valence-electron chi connectivity index (χ1n) is 6.95. The van der Waals surface area contributed by atoms with Crippen molar-refractivity contribution in [1.82, 2.24) is 5.32 Å². The average Bonchev–Trinajstić information content (AvgIpc) is 2.48. The van der Waals surface area contributed by atoms with Crippen molar-refractivity contribution in [3.8, 4) is 5.75 Å². The summed E-state index contributed by atoms with van der Waals surface area (Å²) in [4.78, 5) is 0. The minimum absolute atomic E-state index is 0.635. The fraction of sp³-hybridized carbons (Fsp3) is 0.294. The molecule has 0 fully saturated rings. The molecule has 0 heterocycles. The van der Waals surface area contributed by atoms with Crippen LogP contribution in [-0.2, 0) is 13.0 Å². The molecule has 0 aliphatic rings. The van der Waals surface area contributed by atoms with Gasteiger partial charge in [-0.1, -0.05) is 54.9 Å². The lowest BCUT2D eigenvalue weighted by Gasteiger charge is -2.10. The van der Waals surface area contributed by atoms with Crippen LogP contribution >= 0.6 is 11.6 Å². The Hall–Kier alpha value is -1.51. The summed E-state index contributed by atoms with van der Waals surface area (Å²) in [5.74, 6) is 0.753. The van der Waals surface area contributed by atoms with E-state index in [1.54, 1.807) is 0 Å². The molecule has 2 aromatic rings. The van der Waals surface area contributed by atoms with Crippen LogP contribution in [0.15, 0.2) is 48.5 Å². The largest absolute Gasteiger partial charge is 0.492 e. The normalized spacial score (nSPS) is 10.5. The second-order valence-electron chi connectivity index (χ2n) is 4.63. The van der Waals surface area contributed by atoms with Crippen LogP contribution in [0, 0.1) is 0 Å². The smallest absolute Gasteiger partial charge is 0.137 e. The third-order valence-corrected chi connectivity index (χ3v) is 3.36. The summed E-state index contributed by atoms with van der Waals surface area (Å²) in [7, 11) is 0. The molecule has 0 aliphatic carbocycles. The maximum Gasteiger partial charge on any atom is 0.137 e. The molecule has 0 atom stereocenters. The van der Waals surface area contributed by atoms with Gasteiger partial charge < -0.3 is 10.1 Å². The van der Waals surface area contributed by atoms with E-state index < -0.39 is 0 Å². The number of nitrogens with one attached hydrogen (secondary N) is 1. The average molecular weight is 290 g/mol. The molecular formula is C17H20ClNO. The lowest BCUT2D eigenvalue weighted by molar-refractivity contribution is 0.322. The maximum absolute atomic E-state index is 6.24. The van der Waals surface area contributed by atoms with Gasteiger partial charge in [-0.2, -0.15) is 0 Å². The topological polar surface area (TPSA) is 21.3 Å². The predicted octanol–water partition coefficient (Wildman–Crippen LogP) is 4.07. The van der Waals surface area contributed by atoms with Crippen molar-refractivity contribution >= 4 is 11.6 Å². The molecule has 0 saturated carbocycles. The van der Waals surface area contributed by atoms with Crippen molar-refractivity contribution in [1.29, 1.82) is 0 Å². The first-order chi connectivity index (χ1) is 9.79. The van der Waals surface area contributed by atoms with Crippen molar-refractivity contribution in [3.05, 3.63) is 64.7 Å². The van der Waals surface area contributed by atoms with Gasteiger partial charge in [0, 0.05) is 13.0 Å². The predicted molar refractivity (Wildman–Crippen MR) is 84.5 cm³/mol. The second kappa shape index (κ2) is 7.93. The fourth-order valence-electron chi connectivity index (χ4n) is 1.96. The maximum atomic E-state index is 6.24. The van der Waals surface area contributed by atoms with Gasteiger partial charge in [-0.25, -0.2) is 0 Å². The van der Waals surface area contributed by atoms with Crippen LogP contribution in [0.25, 0.3) is 0 Å². The Balaban J connectivity index is 1.86. The summed E-state index contributed by atoms with van der Waals surface area (Å²) in [5.41, 5.74) is 2.44. The molecule has 0 saturated heterocycles. The summed E-state index contributed by atoms with van der Waals surface area (Å²) in [6, 6.07) is 16.3. The van der Waals surface area contributed by atoms with E-state index in [9.17, 15) is 0 Å². The Bertz CT molecular complexity index is 528. The lowest BCUT2D eigenvalue weighted by atomic mass is 10.2. The lowest BCUT2D eigenvalue weighted by Crippen LogP contribution is -2.11. The van der Waals surface area contributed by atoms with Crippen LogP contribution in [0.2, 0.25) is 5.02 Å². The number of rotatable bonds is 7. The van der Waals surface area contributed by atoms with Gasteiger partial charge in [-0.15, -0.1) is 0 Å². The summed E-state index contributed by atoms with van der Waals surface area (Å²) < 4.78 is 5.75. The van der Waals surface area contributed by atoms with E-state index >= 15 is 0 Å². The molecule has 3 heteroatoms. The van der Waals surface area contributed by atoms with E-state index in [0.717, 1.165) is 25.3 Å². The zero-order valence-electron chi connectivity index (χ0n) is 11.7. The third-order valence-electron chi connectivity index (χ3n) is 3.07. The minimum atomic E-state index is 0.635. The Morgan fingerprint density at radius 2 is 1.85 bits per heavy atom. The van der Waals surface area contributed by atoms with Crippen LogP contribution in [0.5, 0.6) is 5.75 Å². The molecule has 0 amide bonds. The van der Waals surface area contributed by atoms with Gasteiger partial charge in [-0.05, 0) is 29.8 Å². The summed E-state index contributed by atoms with van der Waals surface area (Å²) in [6.07, 6.45) is 0.885. The fourth-order valence-corrected chi connectivity index (χ4v) is 2.22. The van der Waals surface area contributed by atoms with E-state index in [4.69, 9.17) is 16.3 Å². The highest BCUT2D eigenvalue weighted by Crippen LogP contribution is 2.25. The summed E-state index contributed by atoms with van der Waals surface area (Å²) in [5, 5.41) is 3.95. The molecule has 0 unspecified atom stereocenters. The first kappa shape index (κ1) is 14.9. The zero-order valence-corrected chi connectivity index (χ0v) is 12.5. The SMILES string of the molecule is CCNCc1ccc(OCCc2ccccc2)c(Cl)c1. The standard InChI is InChI=1S/C17H20ClNO/c1-2-19-13-15-8-9-17(16(18)12-15)20-11-10-14-6-4-3-5-7-14/h3-9,12,19H,2,10-11,13H2,1H3. The number of hydrogen-bond donors (Lipinski definition) is 1. The molecular weight excluding hydrogens is 270 g/mol. The van der Waals surface area contributed by atoms with E-state index in [1.807, 2.05) is 36.4 Å². The van der Waals surface area contributed by atoms with Gasteiger partial charge in [0.2, 0.25) is 0 Å². The highest BCUT2D eigenvalue weighted by molar-refractivity contribution is 6.32. The summed E-state index contributed by atoms with van der Waals surface area (Å²) >= 11 is 6.24. The molecule has 2 nitrogen and oxygen atoms in total. The van der Waals surface area contributed by atoms with Crippen LogP contribution in [0.1, 0.15) is 18.1 Å². The van der Waals surface area contributed by atoms with Crippen LogP contribution < -0.4 is 10.1 Å². The van der Waals surface area contributed by atoms with Crippen LogP contribution in [-0.4, -0.2) is 13.2 Å². The second-order valence-corrected chi connectivity index (χ2v) is 5.04. The molecule has 0 spiro atoms. The van der Waals surface area contributed by atoms with Crippen LogP contribution in [0.3, 0.4) is 0 Å². The Labute approximate surface area is 125 Å². The van der Waals surface area contributed by atoms with Gasteiger partial charge >= 0.3 is 0 Å². The Morgan fingerprint density at radius 1 is 1.05 bits per heavy atom. The number of benzene rings is 2. The molecule has 2 aromatic carbocycles. The zero-order chi connectivity index (χ0) is 14.2. The van der Waals surface area contributed by atoms with Crippen molar-refractivity contribution in [2.24, 2.45) is 0 Å². The summed E-state index contributed by atoms with van der Waals surface area (Å²) in [6.45, 7) is 4.51. The van der Waals surface area contributed by atoms with Gasteiger partial charge in [-0.3, -0.25) is 0 Å². The molecule has 1 N–H and O–H groups in total. The number of hydrogen-bond acceptors (Lipinski definition) is 2. The van der Waals surface area contributed by atoms with Gasteiger partial charge in [0.25, 0.3) is 0 Å². The Morgan fingerprint density at radius 3 is 2.55 bits per heavy atom. The molecule has 0 radical (unpaired) electrons. The van der Waals surface area contributed by atoms with Gasteiger partial charge in [0.05, 0.1) is 11.6 Å². The van der Waals surface area contributed by atoms with E-state index in [2.05, 4.69) is 24.4 Å². The monoisotopic (exact) mass is 289 g/mol. The molecule has 20 heavy (non-hydrogen) atoms. The van der Waals surface area contributed by atoms with Crippen molar-refractivity contribution in [2.45, 2.75) is 19.9 Å². The van der Waals surface area contributed by atoms with Crippen molar-refractivity contribution < 1.29 is 4.74 Å². The third kappa shape index (κ3) is 4.55. The molecule has 106 valence electrons. The van der Waals surface area contributed by atoms with Crippen molar-refractivity contribution in [2.75, 3.05) is 13.2 Å².